The average Bonchev–Trinajstić information content (AvgIpc) is 2.28. The summed E-state index contributed by atoms with van der Waals surface area (Å²) >= 11 is 0. The smallest absolute Gasteiger partial charge is 0.396 e. The third kappa shape index (κ3) is 3.59. The molecule has 0 aliphatic heterocycles. The number of anilines is 1. The molecule has 1 rings (SSSR count). The quantitative estimate of drug-likeness (QED) is 0.486. The maximum atomic E-state index is 12.4. The highest BCUT2D eigenvalue weighted by molar-refractivity contribution is 5.62. The van der Waals surface area contributed by atoms with Crippen LogP contribution in [0.1, 0.15) is 12.0 Å². The molecule has 0 heterocycles. The number of hydrogen-bond acceptors (Lipinski definition) is 4. The predicted molar refractivity (Wildman–Crippen MR) is 58.3 cm³/mol. The van der Waals surface area contributed by atoms with Crippen LogP contribution in [-0.4, -0.2) is 23.2 Å². The molecule has 8 heteroatoms. The Morgan fingerprint density at radius 2 is 2.06 bits per heavy atom. The maximum Gasteiger partial charge on any atom is 0.416 e. The third-order valence-electron chi connectivity index (χ3n) is 2.17. The largest absolute Gasteiger partial charge is 0.416 e. The average molecular weight is 264 g/mol. The molecule has 0 atom stereocenters. The molecular formula is C10H11F3N2O3. The molecule has 0 saturated carbocycles. The zero-order valence-electron chi connectivity index (χ0n) is 9.20. The minimum atomic E-state index is -4.62. The Bertz CT molecular complexity index is 435. The molecule has 0 aromatic heterocycles. The fourth-order valence-corrected chi connectivity index (χ4v) is 1.31. The lowest BCUT2D eigenvalue weighted by Crippen LogP contribution is -2.09. The van der Waals surface area contributed by atoms with Gasteiger partial charge in [-0.2, -0.15) is 13.2 Å². The summed E-state index contributed by atoms with van der Waals surface area (Å²) in [6.07, 6.45) is -4.27. The molecule has 0 saturated heterocycles. The highest BCUT2D eigenvalue weighted by Gasteiger charge is 2.32. The van der Waals surface area contributed by atoms with Crippen molar-refractivity contribution in [3.63, 3.8) is 0 Å². The maximum absolute atomic E-state index is 12.4. The van der Waals surface area contributed by atoms with Crippen molar-refractivity contribution in [2.75, 3.05) is 18.5 Å². The van der Waals surface area contributed by atoms with Crippen molar-refractivity contribution >= 4 is 11.4 Å². The van der Waals surface area contributed by atoms with Crippen LogP contribution >= 0.6 is 0 Å². The molecule has 0 unspecified atom stereocenters. The van der Waals surface area contributed by atoms with E-state index in [4.69, 9.17) is 5.11 Å². The number of benzene rings is 1. The summed E-state index contributed by atoms with van der Waals surface area (Å²) in [6.45, 7) is 0.129. The molecule has 5 nitrogen and oxygen atoms in total. The SMILES string of the molecule is O=[N+]([O-])c1cc(C(F)(F)F)ccc1NCCCO. The van der Waals surface area contributed by atoms with Gasteiger partial charge in [0.2, 0.25) is 0 Å². The van der Waals surface area contributed by atoms with Gasteiger partial charge in [0.05, 0.1) is 10.5 Å². The van der Waals surface area contributed by atoms with Gasteiger partial charge in [0.15, 0.2) is 0 Å². The van der Waals surface area contributed by atoms with Crippen LogP contribution in [0.5, 0.6) is 0 Å². The standard InChI is InChI=1S/C10H11F3N2O3/c11-10(12,13)7-2-3-8(14-4-1-5-16)9(6-7)15(17)18/h2-3,6,14,16H,1,4-5H2. The normalized spacial score (nSPS) is 11.3. The number of aliphatic hydroxyl groups excluding tert-OH is 1. The van der Waals surface area contributed by atoms with Crippen LogP contribution in [0, 0.1) is 10.1 Å². The second-order valence-electron chi connectivity index (χ2n) is 3.49. The minimum absolute atomic E-state index is 0.00134. The van der Waals surface area contributed by atoms with Crippen molar-refractivity contribution in [3.05, 3.63) is 33.9 Å². The first kappa shape index (κ1) is 14.2. The van der Waals surface area contributed by atoms with Crippen LogP contribution in [0.25, 0.3) is 0 Å². The van der Waals surface area contributed by atoms with Crippen LogP contribution in [0.2, 0.25) is 0 Å². The fourth-order valence-electron chi connectivity index (χ4n) is 1.31. The van der Waals surface area contributed by atoms with Crippen molar-refractivity contribution < 1.29 is 23.2 Å². The van der Waals surface area contributed by atoms with Gasteiger partial charge in [-0.15, -0.1) is 0 Å². The Balaban J connectivity index is 3.01. The second kappa shape index (κ2) is 5.67. The fraction of sp³-hybridized carbons (Fsp3) is 0.400. The van der Waals surface area contributed by atoms with E-state index < -0.39 is 22.4 Å². The number of aliphatic hydroxyl groups is 1. The van der Waals surface area contributed by atoms with Crippen molar-refractivity contribution in [1.29, 1.82) is 0 Å². The second-order valence-corrected chi connectivity index (χ2v) is 3.49. The van der Waals surface area contributed by atoms with Crippen molar-refractivity contribution in [1.82, 2.24) is 0 Å². The van der Waals surface area contributed by atoms with E-state index in [0.29, 0.717) is 12.5 Å². The first-order chi connectivity index (χ1) is 8.36. The monoisotopic (exact) mass is 264 g/mol. The van der Waals surface area contributed by atoms with E-state index in [9.17, 15) is 23.3 Å². The van der Waals surface area contributed by atoms with E-state index in [1.807, 2.05) is 0 Å². The Morgan fingerprint density at radius 1 is 1.39 bits per heavy atom. The van der Waals surface area contributed by atoms with Crippen molar-refractivity contribution in [2.45, 2.75) is 12.6 Å². The Kier molecular flexibility index (Phi) is 4.49. The molecule has 100 valence electrons. The van der Waals surface area contributed by atoms with Gasteiger partial charge in [-0.1, -0.05) is 0 Å². The third-order valence-corrected chi connectivity index (χ3v) is 2.17. The molecule has 2 N–H and O–H groups in total. The molecule has 0 bridgehead atoms. The van der Waals surface area contributed by atoms with Crippen LogP contribution in [0.15, 0.2) is 18.2 Å². The van der Waals surface area contributed by atoms with Gasteiger partial charge >= 0.3 is 6.18 Å². The lowest BCUT2D eigenvalue weighted by atomic mass is 10.1. The van der Waals surface area contributed by atoms with Crippen LogP contribution in [0.4, 0.5) is 24.5 Å². The highest BCUT2D eigenvalue weighted by atomic mass is 19.4. The van der Waals surface area contributed by atoms with Gasteiger partial charge in [-0.25, -0.2) is 0 Å². The van der Waals surface area contributed by atoms with E-state index in [-0.39, 0.29) is 18.8 Å². The van der Waals surface area contributed by atoms with Gasteiger partial charge in [-0.3, -0.25) is 10.1 Å². The molecular weight excluding hydrogens is 253 g/mol. The van der Waals surface area contributed by atoms with Gasteiger partial charge in [0.25, 0.3) is 5.69 Å². The van der Waals surface area contributed by atoms with Crippen molar-refractivity contribution in [3.8, 4) is 0 Å². The van der Waals surface area contributed by atoms with Crippen molar-refractivity contribution in [2.24, 2.45) is 0 Å². The summed E-state index contributed by atoms with van der Waals surface area (Å²) in [5, 5.41) is 21.8. The van der Waals surface area contributed by atoms with Crippen LogP contribution < -0.4 is 5.32 Å². The number of halogens is 3. The Hall–Kier alpha value is -1.83. The molecule has 0 aliphatic carbocycles. The van der Waals surface area contributed by atoms with Crippen LogP contribution in [0.3, 0.4) is 0 Å². The van der Waals surface area contributed by atoms with E-state index in [1.54, 1.807) is 0 Å². The number of nitrogens with one attached hydrogen (secondary N) is 1. The predicted octanol–water partition coefficient (Wildman–Crippen LogP) is 2.41. The lowest BCUT2D eigenvalue weighted by molar-refractivity contribution is -0.384. The van der Waals surface area contributed by atoms with Gasteiger partial charge in [0.1, 0.15) is 5.69 Å². The molecule has 0 aliphatic rings. The van der Waals surface area contributed by atoms with Gasteiger partial charge in [-0.05, 0) is 18.6 Å². The molecule has 0 amide bonds. The van der Waals surface area contributed by atoms with Crippen LogP contribution in [-0.2, 0) is 6.18 Å². The number of rotatable bonds is 5. The van der Waals surface area contributed by atoms with Gasteiger partial charge < -0.3 is 10.4 Å². The Labute approximate surface area is 100 Å². The topological polar surface area (TPSA) is 75.4 Å². The number of nitrogens with zero attached hydrogens (tertiary/aromatic N) is 1. The number of nitro groups is 1. The minimum Gasteiger partial charge on any atom is -0.396 e. The van der Waals surface area contributed by atoms with E-state index >= 15 is 0 Å². The first-order valence-corrected chi connectivity index (χ1v) is 5.06. The van der Waals surface area contributed by atoms with E-state index in [2.05, 4.69) is 5.32 Å². The Morgan fingerprint density at radius 3 is 2.56 bits per heavy atom. The van der Waals surface area contributed by atoms with E-state index in [0.717, 1.165) is 12.1 Å². The summed E-state index contributed by atoms with van der Waals surface area (Å²) in [6, 6.07) is 2.27. The number of alkyl halides is 3. The number of nitro benzene ring substituents is 1. The molecule has 0 radical (unpaired) electrons. The zero-order chi connectivity index (χ0) is 13.8. The summed E-state index contributed by atoms with van der Waals surface area (Å²) in [7, 11) is 0. The van der Waals surface area contributed by atoms with Gasteiger partial charge in [0, 0.05) is 19.2 Å². The summed E-state index contributed by atoms with van der Waals surface area (Å²) in [5.41, 5.74) is -1.70. The number of hydrogen-bond donors (Lipinski definition) is 2. The van der Waals surface area contributed by atoms with E-state index in [1.165, 1.54) is 0 Å². The first-order valence-electron chi connectivity index (χ1n) is 5.06. The molecule has 0 fully saturated rings. The molecule has 1 aromatic carbocycles. The molecule has 18 heavy (non-hydrogen) atoms. The summed E-state index contributed by atoms with van der Waals surface area (Å²) in [5.74, 6) is 0. The highest BCUT2D eigenvalue weighted by Crippen LogP contribution is 2.34. The zero-order valence-corrected chi connectivity index (χ0v) is 9.20. The molecule has 0 spiro atoms. The lowest BCUT2D eigenvalue weighted by Gasteiger charge is -2.10. The summed E-state index contributed by atoms with van der Waals surface area (Å²) in [4.78, 5) is 9.80. The molecule has 1 aromatic rings. The summed E-state index contributed by atoms with van der Waals surface area (Å²) < 4.78 is 37.2.